The summed E-state index contributed by atoms with van der Waals surface area (Å²) in [6.45, 7) is 7.30. The Kier molecular flexibility index (Phi) is 11.9. The molecule has 2 aromatic rings. The summed E-state index contributed by atoms with van der Waals surface area (Å²) >= 11 is 0. The van der Waals surface area contributed by atoms with Gasteiger partial charge in [0.15, 0.2) is 6.29 Å². The molecule has 0 spiro atoms. The topological polar surface area (TPSA) is 147 Å². The number of nitrogens with zero attached hydrogens (tertiary/aromatic N) is 1. The van der Waals surface area contributed by atoms with Crippen LogP contribution < -0.4 is 10.8 Å². The van der Waals surface area contributed by atoms with Gasteiger partial charge >= 0.3 is 5.97 Å². The van der Waals surface area contributed by atoms with E-state index >= 15 is 0 Å². The number of carbonyl (C=O) groups is 3. The summed E-state index contributed by atoms with van der Waals surface area (Å²) in [5, 5.41) is 20.9. The summed E-state index contributed by atoms with van der Waals surface area (Å²) in [6, 6.07) is 15.1. The number of likely N-dealkylation sites (tertiary alicyclic amines) is 1. The van der Waals surface area contributed by atoms with Gasteiger partial charge < -0.3 is 24.6 Å². The maximum absolute atomic E-state index is 13.0. The Morgan fingerprint density at radius 3 is 2.27 bits per heavy atom. The molecule has 2 amide bonds. The van der Waals surface area contributed by atoms with Crippen molar-refractivity contribution in [2.45, 2.75) is 103 Å². The molecule has 4 rings (SSSR count). The third-order valence-electron chi connectivity index (χ3n) is 7.77. The molecule has 2 aliphatic heterocycles. The van der Waals surface area contributed by atoms with Gasteiger partial charge in [0, 0.05) is 37.9 Å². The molecule has 2 aliphatic rings. The summed E-state index contributed by atoms with van der Waals surface area (Å²) in [5.41, 5.74) is 4.55. The fourth-order valence-electron chi connectivity index (χ4n) is 5.52. The van der Waals surface area contributed by atoms with Crippen LogP contribution in [0.3, 0.4) is 0 Å². The molecule has 2 fully saturated rings. The maximum atomic E-state index is 13.0. The highest BCUT2D eigenvalue weighted by molar-refractivity contribution is 5.78. The van der Waals surface area contributed by atoms with Gasteiger partial charge in [-0.15, -0.1) is 0 Å². The minimum Gasteiger partial charge on any atom is -0.459 e. The maximum Gasteiger partial charge on any atom is 0.323 e. The molecule has 0 radical (unpaired) electrons. The lowest BCUT2D eigenvalue weighted by Crippen LogP contribution is -2.45. The Labute approximate surface area is 258 Å². The standard InChI is InChI=1S/C33H45N3O8/c1-33(2,3)44-31(40)27-6-5-17-36(27)20-26-18-28(24-13-11-23(21-37)12-14-24)43-32(42-26)25-15-9-22(10-16-25)19-34-29(38)7-4-8-30(39)35-41/h9-16,26-28,32,37,41H,4-8,17-21H2,1-3H3,(H,34,38)(H,35,39)/t26-,27+,28+,32+/m1/s1. The number of amides is 2. The number of rotatable bonds is 12. The van der Waals surface area contributed by atoms with Gasteiger partial charge in [-0.25, -0.2) is 5.48 Å². The monoisotopic (exact) mass is 611 g/mol. The van der Waals surface area contributed by atoms with Crippen molar-refractivity contribution in [3.05, 3.63) is 70.8 Å². The SMILES string of the molecule is CC(C)(C)OC(=O)[C@@H]1CCCN1C[C@H]1C[C@@H](c2ccc(CO)cc2)O[C@@H](c2ccc(CNC(=O)CCCC(=O)NO)cc2)O1. The van der Waals surface area contributed by atoms with Gasteiger partial charge in [0.25, 0.3) is 0 Å². The van der Waals surface area contributed by atoms with Gasteiger partial charge in [0.2, 0.25) is 11.8 Å². The van der Waals surface area contributed by atoms with Crippen molar-refractivity contribution in [1.82, 2.24) is 15.7 Å². The van der Waals surface area contributed by atoms with Crippen LogP contribution in [0.5, 0.6) is 0 Å². The third kappa shape index (κ3) is 9.83. The normalized spacial score (nSPS) is 22.4. The average Bonchev–Trinajstić information content (AvgIpc) is 3.47. The van der Waals surface area contributed by atoms with E-state index in [2.05, 4.69) is 10.2 Å². The predicted octanol–water partition coefficient (Wildman–Crippen LogP) is 3.82. The van der Waals surface area contributed by atoms with E-state index in [1.54, 1.807) is 5.48 Å². The zero-order valence-electron chi connectivity index (χ0n) is 25.8. The first-order valence-corrected chi connectivity index (χ1v) is 15.3. The smallest absolute Gasteiger partial charge is 0.323 e. The molecule has 2 aromatic carbocycles. The Hall–Kier alpha value is -3.35. The second-order valence-electron chi connectivity index (χ2n) is 12.4. The van der Waals surface area contributed by atoms with Crippen molar-refractivity contribution in [1.29, 1.82) is 0 Å². The van der Waals surface area contributed by atoms with E-state index in [0.29, 0.717) is 25.9 Å². The van der Waals surface area contributed by atoms with E-state index in [9.17, 15) is 19.5 Å². The Balaban J connectivity index is 1.42. The lowest BCUT2D eigenvalue weighted by molar-refractivity contribution is -0.253. The third-order valence-corrected chi connectivity index (χ3v) is 7.77. The molecule has 0 saturated carbocycles. The molecule has 11 heteroatoms. The van der Waals surface area contributed by atoms with Crippen LogP contribution >= 0.6 is 0 Å². The molecule has 2 heterocycles. The van der Waals surface area contributed by atoms with Crippen LogP contribution in [0.4, 0.5) is 0 Å². The first kappa shape index (κ1) is 33.5. The summed E-state index contributed by atoms with van der Waals surface area (Å²) in [6.07, 6.45) is 1.79. The number of carbonyl (C=O) groups excluding carboxylic acids is 3. The van der Waals surface area contributed by atoms with Crippen LogP contribution in [0.25, 0.3) is 0 Å². The summed E-state index contributed by atoms with van der Waals surface area (Å²) < 4.78 is 18.7. The average molecular weight is 612 g/mol. The Morgan fingerprint density at radius 2 is 1.61 bits per heavy atom. The zero-order chi connectivity index (χ0) is 31.7. The summed E-state index contributed by atoms with van der Waals surface area (Å²) in [4.78, 5) is 38.4. The van der Waals surface area contributed by atoms with Crippen molar-refractivity contribution >= 4 is 17.8 Å². The van der Waals surface area contributed by atoms with E-state index in [1.165, 1.54) is 0 Å². The minimum absolute atomic E-state index is 0.0329. The molecule has 4 N–H and O–H groups in total. The van der Waals surface area contributed by atoms with E-state index in [4.69, 9.17) is 19.4 Å². The first-order chi connectivity index (χ1) is 21.0. The van der Waals surface area contributed by atoms with Crippen molar-refractivity contribution in [2.75, 3.05) is 13.1 Å². The fraction of sp³-hybridized carbons (Fsp3) is 0.545. The Morgan fingerprint density at radius 1 is 0.955 bits per heavy atom. The number of hydrogen-bond donors (Lipinski definition) is 4. The molecule has 44 heavy (non-hydrogen) atoms. The second-order valence-corrected chi connectivity index (χ2v) is 12.4. The van der Waals surface area contributed by atoms with Crippen LogP contribution in [0, 0.1) is 0 Å². The lowest BCUT2D eigenvalue weighted by atomic mass is 9.99. The second kappa shape index (κ2) is 15.6. The minimum atomic E-state index is -0.639. The number of benzene rings is 2. The van der Waals surface area contributed by atoms with E-state index in [-0.39, 0.29) is 49.6 Å². The highest BCUT2D eigenvalue weighted by Crippen LogP contribution is 2.39. The van der Waals surface area contributed by atoms with Crippen LogP contribution in [0.1, 0.15) is 93.9 Å². The molecule has 0 unspecified atom stereocenters. The van der Waals surface area contributed by atoms with Crippen LogP contribution in [0.15, 0.2) is 48.5 Å². The van der Waals surface area contributed by atoms with Gasteiger partial charge in [-0.2, -0.15) is 0 Å². The highest BCUT2D eigenvalue weighted by Gasteiger charge is 2.38. The number of nitrogens with one attached hydrogen (secondary N) is 2. The van der Waals surface area contributed by atoms with Gasteiger partial charge in [-0.1, -0.05) is 48.5 Å². The highest BCUT2D eigenvalue weighted by atomic mass is 16.7. The molecular formula is C33H45N3O8. The first-order valence-electron chi connectivity index (χ1n) is 15.3. The van der Waals surface area contributed by atoms with Crippen molar-refractivity contribution in [3.8, 4) is 0 Å². The van der Waals surface area contributed by atoms with Crippen LogP contribution in [-0.4, -0.2) is 63.8 Å². The molecule has 240 valence electrons. The predicted molar refractivity (Wildman–Crippen MR) is 161 cm³/mol. The van der Waals surface area contributed by atoms with Gasteiger partial charge in [-0.3, -0.25) is 24.5 Å². The molecule has 0 aliphatic carbocycles. The van der Waals surface area contributed by atoms with E-state index in [1.807, 2.05) is 69.3 Å². The molecule has 4 atom stereocenters. The van der Waals surface area contributed by atoms with Crippen molar-refractivity contribution in [2.24, 2.45) is 0 Å². The number of hydrogen-bond acceptors (Lipinski definition) is 9. The number of aliphatic hydroxyl groups excluding tert-OH is 1. The van der Waals surface area contributed by atoms with Gasteiger partial charge in [0.05, 0.1) is 18.8 Å². The molecule has 11 nitrogen and oxygen atoms in total. The number of esters is 1. The van der Waals surface area contributed by atoms with Gasteiger partial charge in [0.1, 0.15) is 11.6 Å². The van der Waals surface area contributed by atoms with Crippen molar-refractivity contribution in [3.63, 3.8) is 0 Å². The molecule has 0 bridgehead atoms. The van der Waals surface area contributed by atoms with E-state index < -0.39 is 17.8 Å². The van der Waals surface area contributed by atoms with Gasteiger partial charge in [-0.05, 0) is 63.3 Å². The van der Waals surface area contributed by atoms with Crippen LogP contribution in [0.2, 0.25) is 0 Å². The molecular weight excluding hydrogens is 566 g/mol. The van der Waals surface area contributed by atoms with Crippen molar-refractivity contribution < 1.29 is 38.9 Å². The largest absolute Gasteiger partial charge is 0.459 e. The van der Waals surface area contributed by atoms with E-state index in [0.717, 1.165) is 41.6 Å². The number of ether oxygens (including phenoxy) is 3. The number of hydroxylamine groups is 1. The molecule has 2 saturated heterocycles. The zero-order valence-corrected chi connectivity index (χ0v) is 25.8. The lowest BCUT2D eigenvalue weighted by Gasteiger charge is -2.38. The number of aliphatic hydroxyl groups is 1. The summed E-state index contributed by atoms with van der Waals surface area (Å²) in [7, 11) is 0. The quantitative estimate of drug-likeness (QED) is 0.160. The fourth-order valence-corrected chi connectivity index (χ4v) is 5.52. The summed E-state index contributed by atoms with van der Waals surface area (Å²) in [5.74, 6) is -0.896. The van der Waals surface area contributed by atoms with Crippen LogP contribution in [-0.2, 0) is 41.7 Å². The Bertz CT molecular complexity index is 1250. The molecule has 0 aromatic heterocycles.